The van der Waals surface area contributed by atoms with Gasteiger partial charge < -0.3 is 5.32 Å². The van der Waals surface area contributed by atoms with E-state index in [0.717, 1.165) is 28.8 Å². The predicted octanol–water partition coefficient (Wildman–Crippen LogP) is 4.84. The summed E-state index contributed by atoms with van der Waals surface area (Å²) < 4.78 is 2.01. The Morgan fingerprint density at radius 2 is 1.77 bits per heavy atom. The number of amides is 1. The molecule has 0 fully saturated rings. The molecule has 4 aromatic rings. The van der Waals surface area contributed by atoms with Gasteiger partial charge >= 0.3 is 0 Å². The number of anilines is 1. The van der Waals surface area contributed by atoms with E-state index < -0.39 is 0 Å². The quantitative estimate of drug-likeness (QED) is 0.577. The van der Waals surface area contributed by atoms with Crippen LogP contribution >= 0.6 is 0 Å². The summed E-state index contributed by atoms with van der Waals surface area (Å²) >= 11 is 0. The van der Waals surface area contributed by atoms with Crippen LogP contribution in [0.1, 0.15) is 22.8 Å². The molecule has 4 nitrogen and oxygen atoms in total. The number of imidazole rings is 1. The van der Waals surface area contributed by atoms with E-state index in [1.165, 1.54) is 5.56 Å². The SMILES string of the molecule is CCc1ccc(NC(=O)c2ccc3c(c2)ncn3-c2ccccc2)cc1. The molecule has 0 aliphatic rings. The van der Waals surface area contributed by atoms with E-state index in [9.17, 15) is 4.79 Å². The van der Waals surface area contributed by atoms with Crippen LogP contribution in [0.2, 0.25) is 0 Å². The number of hydrogen-bond donors (Lipinski definition) is 1. The van der Waals surface area contributed by atoms with Crippen LogP contribution in [0, 0.1) is 0 Å². The number of aryl methyl sites for hydroxylation is 1. The number of rotatable bonds is 4. The Kier molecular flexibility index (Phi) is 4.23. The monoisotopic (exact) mass is 341 g/mol. The van der Waals surface area contributed by atoms with Gasteiger partial charge in [-0.1, -0.05) is 37.3 Å². The van der Waals surface area contributed by atoms with Crippen molar-refractivity contribution in [3.05, 3.63) is 90.3 Å². The topological polar surface area (TPSA) is 46.9 Å². The summed E-state index contributed by atoms with van der Waals surface area (Å²) in [6, 6.07) is 23.5. The first-order valence-corrected chi connectivity index (χ1v) is 8.67. The lowest BCUT2D eigenvalue weighted by Crippen LogP contribution is -2.11. The molecule has 0 saturated carbocycles. The third-order valence-electron chi connectivity index (χ3n) is 4.46. The van der Waals surface area contributed by atoms with Gasteiger partial charge in [0.15, 0.2) is 0 Å². The average molecular weight is 341 g/mol. The van der Waals surface area contributed by atoms with E-state index in [-0.39, 0.29) is 5.91 Å². The first kappa shape index (κ1) is 16.1. The van der Waals surface area contributed by atoms with Crippen molar-refractivity contribution in [2.75, 3.05) is 5.32 Å². The Bertz CT molecular complexity index is 1050. The fourth-order valence-electron chi connectivity index (χ4n) is 2.98. The number of fused-ring (bicyclic) bond motifs is 1. The van der Waals surface area contributed by atoms with Crippen LogP contribution < -0.4 is 5.32 Å². The number of hydrogen-bond acceptors (Lipinski definition) is 2. The van der Waals surface area contributed by atoms with Gasteiger partial charge in [-0.3, -0.25) is 9.36 Å². The molecule has 0 radical (unpaired) electrons. The van der Waals surface area contributed by atoms with Crippen LogP contribution in [-0.2, 0) is 6.42 Å². The molecule has 0 aliphatic carbocycles. The fourth-order valence-corrected chi connectivity index (χ4v) is 2.98. The average Bonchev–Trinajstić information content (AvgIpc) is 3.12. The lowest BCUT2D eigenvalue weighted by molar-refractivity contribution is 0.102. The van der Waals surface area contributed by atoms with Gasteiger partial charge in [0.1, 0.15) is 6.33 Å². The highest BCUT2D eigenvalue weighted by Crippen LogP contribution is 2.20. The first-order chi connectivity index (χ1) is 12.7. The molecule has 1 heterocycles. The molecule has 4 rings (SSSR count). The highest BCUT2D eigenvalue weighted by atomic mass is 16.1. The number of nitrogens with zero attached hydrogens (tertiary/aromatic N) is 2. The third kappa shape index (κ3) is 3.09. The van der Waals surface area contributed by atoms with Gasteiger partial charge in [-0.15, -0.1) is 0 Å². The third-order valence-corrected chi connectivity index (χ3v) is 4.46. The standard InChI is InChI=1S/C22H19N3O/c1-2-16-8-11-18(12-9-16)24-22(26)17-10-13-21-20(14-17)23-15-25(21)19-6-4-3-5-7-19/h3-15H,2H2,1H3,(H,24,26). The molecule has 128 valence electrons. The predicted molar refractivity (Wildman–Crippen MR) is 105 cm³/mol. The summed E-state index contributed by atoms with van der Waals surface area (Å²) in [5.74, 6) is -0.134. The maximum atomic E-state index is 12.5. The zero-order valence-corrected chi connectivity index (χ0v) is 14.5. The minimum atomic E-state index is -0.134. The van der Waals surface area contributed by atoms with Gasteiger partial charge in [0, 0.05) is 16.9 Å². The largest absolute Gasteiger partial charge is 0.322 e. The van der Waals surface area contributed by atoms with Gasteiger partial charge in [0.05, 0.1) is 11.0 Å². The molecule has 0 saturated heterocycles. The summed E-state index contributed by atoms with van der Waals surface area (Å²) in [5, 5.41) is 2.94. The van der Waals surface area contributed by atoms with Crippen LogP contribution in [-0.4, -0.2) is 15.5 Å². The Morgan fingerprint density at radius 1 is 1.00 bits per heavy atom. The molecule has 1 amide bonds. The first-order valence-electron chi connectivity index (χ1n) is 8.67. The molecule has 3 aromatic carbocycles. The van der Waals surface area contributed by atoms with Crippen molar-refractivity contribution in [1.82, 2.24) is 9.55 Å². The van der Waals surface area contributed by atoms with Gasteiger partial charge in [0.25, 0.3) is 5.91 Å². The molecule has 4 heteroatoms. The second kappa shape index (κ2) is 6.84. The zero-order valence-electron chi connectivity index (χ0n) is 14.5. The van der Waals surface area contributed by atoms with Crippen molar-refractivity contribution in [2.45, 2.75) is 13.3 Å². The molecular weight excluding hydrogens is 322 g/mol. The molecule has 1 N–H and O–H groups in total. The second-order valence-electron chi connectivity index (χ2n) is 6.16. The Hall–Kier alpha value is -3.40. The summed E-state index contributed by atoms with van der Waals surface area (Å²) in [4.78, 5) is 17.0. The van der Waals surface area contributed by atoms with Crippen molar-refractivity contribution in [3.63, 3.8) is 0 Å². The maximum Gasteiger partial charge on any atom is 0.255 e. The van der Waals surface area contributed by atoms with Gasteiger partial charge in [-0.2, -0.15) is 0 Å². The van der Waals surface area contributed by atoms with Crippen molar-refractivity contribution in [3.8, 4) is 5.69 Å². The number of nitrogens with one attached hydrogen (secondary N) is 1. The number of para-hydroxylation sites is 1. The molecule has 26 heavy (non-hydrogen) atoms. The van der Waals surface area contributed by atoms with E-state index in [2.05, 4.69) is 17.2 Å². The van der Waals surface area contributed by atoms with E-state index in [0.29, 0.717) is 5.56 Å². The van der Waals surface area contributed by atoms with E-state index in [1.807, 2.05) is 77.4 Å². The van der Waals surface area contributed by atoms with Crippen LogP contribution in [0.15, 0.2) is 79.1 Å². The maximum absolute atomic E-state index is 12.5. The Morgan fingerprint density at radius 3 is 2.50 bits per heavy atom. The molecule has 0 unspecified atom stereocenters. The van der Waals surface area contributed by atoms with Crippen molar-refractivity contribution >= 4 is 22.6 Å². The summed E-state index contributed by atoms with van der Waals surface area (Å²) in [5.41, 5.74) is 5.44. The van der Waals surface area contributed by atoms with Crippen LogP contribution in [0.5, 0.6) is 0 Å². The molecule has 0 aliphatic heterocycles. The van der Waals surface area contributed by atoms with Gasteiger partial charge in [0.2, 0.25) is 0 Å². The summed E-state index contributed by atoms with van der Waals surface area (Å²) in [7, 11) is 0. The van der Waals surface area contributed by atoms with E-state index in [4.69, 9.17) is 0 Å². The van der Waals surface area contributed by atoms with Crippen molar-refractivity contribution in [1.29, 1.82) is 0 Å². The number of benzene rings is 3. The van der Waals surface area contributed by atoms with Crippen molar-refractivity contribution in [2.24, 2.45) is 0 Å². The minimum absolute atomic E-state index is 0.134. The lowest BCUT2D eigenvalue weighted by Gasteiger charge is -2.07. The second-order valence-corrected chi connectivity index (χ2v) is 6.16. The fraction of sp³-hybridized carbons (Fsp3) is 0.0909. The summed E-state index contributed by atoms with van der Waals surface area (Å²) in [6.07, 6.45) is 2.76. The zero-order chi connectivity index (χ0) is 17.9. The molecular formula is C22H19N3O. The molecule has 0 spiro atoms. The van der Waals surface area contributed by atoms with Crippen molar-refractivity contribution < 1.29 is 4.79 Å². The number of carbonyl (C=O) groups is 1. The highest BCUT2D eigenvalue weighted by molar-refractivity contribution is 6.06. The molecule has 0 atom stereocenters. The summed E-state index contributed by atoms with van der Waals surface area (Å²) in [6.45, 7) is 2.11. The molecule has 1 aromatic heterocycles. The van der Waals surface area contributed by atoms with Gasteiger partial charge in [-0.05, 0) is 54.4 Å². The van der Waals surface area contributed by atoms with E-state index in [1.54, 1.807) is 6.33 Å². The normalized spacial score (nSPS) is 10.8. The lowest BCUT2D eigenvalue weighted by atomic mass is 10.1. The molecule has 0 bridgehead atoms. The smallest absolute Gasteiger partial charge is 0.255 e. The number of carbonyl (C=O) groups excluding carboxylic acids is 1. The van der Waals surface area contributed by atoms with E-state index >= 15 is 0 Å². The minimum Gasteiger partial charge on any atom is -0.322 e. The van der Waals surface area contributed by atoms with Crippen LogP contribution in [0.3, 0.4) is 0 Å². The van der Waals surface area contributed by atoms with Gasteiger partial charge in [-0.25, -0.2) is 4.98 Å². The van der Waals surface area contributed by atoms with Crippen LogP contribution in [0.25, 0.3) is 16.7 Å². The Balaban J connectivity index is 1.60. The number of aromatic nitrogens is 2. The highest BCUT2D eigenvalue weighted by Gasteiger charge is 2.10. The van der Waals surface area contributed by atoms with Crippen LogP contribution in [0.4, 0.5) is 5.69 Å². The Labute approximate surface area is 152 Å².